The van der Waals surface area contributed by atoms with Gasteiger partial charge in [0.1, 0.15) is 12.4 Å². The number of aromatic nitrogens is 4. The first-order chi connectivity index (χ1) is 16.3. The standard InChI is InChI=1S/C26H31FN4O3/c1-7-18(13-17(5)20(27)8-2)24-25(29(16-28-24)15-23(32)34-6)19-11-12-21-22(14-19)31(10-4)26(33)30(21)9-3/h7-8,11-14,16H,9-10,15H2,1-6H3/b17-13-,18-7+,20-8+. The number of benzene rings is 1. The molecule has 0 atom stereocenters. The van der Waals surface area contributed by atoms with E-state index in [-0.39, 0.29) is 18.1 Å². The maximum atomic E-state index is 14.2. The second-order valence-corrected chi connectivity index (χ2v) is 7.83. The molecule has 0 aliphatic carbocycles. The Morgan fingerprint density at radius 3 is 2.38 bits per heavy atom. The molecule has 0 aliphatic heterocycles. The number of esters is 1. The van der Waals surface area contributed by atoms with Crippen molar-refractivity contribution in [1.29, 1.82) is 0 Å². The molecule has 8 heteroatoms. The van der Waals surface area contributed by atoms with Crippen LogP contribution in [-0.2, 0) is 29.2 Å². The molecule has 0 fully saturated rings. The molecule has 2 heterocycles. The van der Waals surface area contributed by atoms with Crippen molar-refractivity contribution in [1.82, 2.24) is 18.7 Å². The van der Waals surface area contributed by atoms with Gasteiger partial charge in [-0.15, -0.1) is 0 Å². The van der Waals surface area contributed by atoms with Gasteiger partial charge in [-0.2, -0.15) is 0 Å². The van der Waals surface area contributed by atoms with Gasteiger partial charge in [-0.1, -0.05) is 18.2 Å². The molecule has 0 amide bonds. The largest absolute Gasteiger partial charge is 0.468 e. The summed E-state index contributed by atoms with van der Waals surface area (Å²) in [6, 6.07) is 5.77. The number of methoxy groups -OCH3 is 1. The quantitative estimate of drug-likeness (QED) is 0.342. The number of fused-ring (bicyclic) bond motifs is 1. The molecule has 7 nitrogen and oxygen atoms in total. The Hall–Kier alpha value is -3.68. The normalized spacial score (nSPS) is 13.1. The van der Waals surface area contributed by atoms with Gasteiger partial charge in [0.05, 0.1) is 35.9 Å². The molecule has 2 aromatic heterocycles. The van der Waals surface area contributed by atoms with E-state index in [0.29, 0.717) is 35.6 Å². The highest BCUT2D eigenvalue weighted by Gasteiger charge is 2.20. The molecule has 0 bridgehead atoms. The number of allylic oxidation sites excluding steroid dienone is 6. The van der Waals surface area contributed by atoms with Gasteiger partial charge in [-0.3, -0.25) is 13.9 Å². The van der Waals surface area contributed by atoms with E-state index in [0.717, 1.165) is 16.6 Å². The van der Waals surface area contributed by atoms with Crippen LogP contribution in [0.5, 0.6) is 0 Å². The lowest BCUT2D eigenvalue weighted by atomic mass is 10.0. The molecule has 180 valence electrons. The molecule has 0 spiro atoms. The van der Waals surface area contributed by atoms with Crippen LogP contribution in [0.3, 0.4) is 0 Å². The van der Waals surface area contributed by atoms with E-state index in [1.807, 2.05) is 45.0 Å². The number of carbonyl (C=O) groups is 1. The predicted molar refractivity (Wildman–Crippen MR) is 133 cm³/mol. The maximum absolute atomic E-state index is 14.2. The summed E-state index contributed by atoms with van der Waals surface area (Å²) >= 11 is 0. The van der Waals surface area contributed by atoms with E-state index in [4.69, 9.17) is 4.74 Å². The van der Waals surface area contributed by atoms with Crippen molar-refractivity contribution in [3.8, 4) is 11.3 Å². The monoisotopic (exact) mass is 466 g/mol. The molecular weight excluding hydrogens is 435 g/mol. The molecule has 3 aromatic rings. The third-order valence-corrected chi connectivity index (χ3v) is 5.88. The van der Waals surface area contributed by atoms with E-state index >= 15 is 0 Å². The number of hydrogen-bond donors (Lipinski definition) is 0. The van der Waals surface area contributed by atoms with Gasteiger partial charge >= 0.3 is 11.7 Å². The lowest BCUT2D eigenvalue weighted by Gasteiger charge is -2.12. The van der Waals surface area contributed by atoms with Crippen LogP contribution in [-0.4, -0.2) is 31.8 Å². The zero-order valence-corrected chi connectivity index (χ0v) is 20.6. The Labute approximate surface area is 198 Å². The van der Waals surface area contributed by atoms with Crippen LogP contribution in [0.2, 0.25) is 0 Å². The molecular formula is C26H31FN4O3. The molecule has 0 N–H and O–H groups in total. The van der Waals surface area contributed by atoms with Crippen LogP contribution in [0.1, 0.15) is 40.3 Å². The van der Waals surface area contributed by atoms with E-state index < -0.39 is 5.97 Å². The smallest absolute Gasteiger partial charge is 0.329 e. The number of imidazole rings is 2. The SMILES string of the molecule is C\C=C(F)/C(C)=C\C(=C/C)c1ncn(CC(=O)OC)c1-c1ccc2c(c1)n(CC)c(=O)n2CC. The van der Waals surface area contributed by atoms with Crippen LogP contribution in [0, 0.1) is 0 Å². The minimum absolute atomic E-state index is 0.0314. The van der Waals surface area contributed by atoms with E-state index in [9.17, 15) is 14.0 Å². The Morgan fingerprint density at radius 1 is 1.12 bits per heavy atom. The lowest BCUT2D eigenvalue weighted by Crippen LogP contribution is -2.23. The third-order valence-electron chi connectivity index (χ3n) is 5.88. The number of rotatable bonds is 8. The van der Waals surface area contributed by atoms with Crippen molar-refractivity contribution in [2.24, 2.45) is 0 Å². The highest BCUT2D eigenvalue weighted by Crippen LogP contribution is 2.32. The summed E-state index contributed by atoms with van der Waals surface area (Å²) in [5.74, 6) is -0.730. The van der Waals surface area contributed by atoms with Gasteiger partial charge in [0.2, 0.25) is 0 Å². The summed E-state index contributed by atoms with van der Waals surface area (Å²) < 4.78 is 24.2. The summed E-state index contributed by atoms with van der Waals surface area (Å²) in [6.07, 6.45) is 6.58. The zero-order valence-electron chi connectivity index (χ0n) is 20.6. The molecule has 3 rings (SSSR count). The van der Waals surface area contributed by atoms with Crippen LogP contribution >= 0.6 is 0 Å². The lowest BCUT2D eigenvalue weighted by molar-refractivity contribution is -0.141. The Kier molecular flexibility index (Phi) is 7.71. The average molecular weight is 467 g/mol. The van der Waals surface area contributed by atoms with Gasteiger partial charge in [-0.25, -0.2) is 14.2 Å². The van der Waals surface area contributed by atoms with Crippen molar-refractivity contribution >= 4 is 22.6 Å². The van der Waals surface area contributed by atoms with Gasteiger partial charge in [0.25, 0.3) is 0 Å². The Bertz CT molecular complexity index is 1370. The summed E-state index contributed by atoms with van der Waals surface area (Å²) in [5, 5.41) is 0. The molecule has 0 aliphatic rings. The fourth-order valence-electron chi connectivity index (χ4n) is 4.12. The summed E-state index contributed by atoms with van der Waals surface area (Å²) in [5.41, 5.74) is 4.85. The topological polar surface area (TPSA) is 71.1 Å². The second kappa shape index (κ2) is 10.5. The number of ether oxygens (including phenoxy) is 1. The number of nitrogens with zero attached hydrogens (tertiary/aromatic N) is 4. The van der Waals surface area contributed by atoms with Crippen molar-refractivity contribution in [2.75, 3.05) is 7.11 Å². The minimum Gasteiger partial charge on any atom is -0.468 e. The minimum atomic E-state index is -0.414. The first-order valence-corrected chi connectivity index (χ1v) is 11.3. The van der Waals surface area contributed by atoms with E-state index in [1.54, 1.807) is 40.0 Å². The van der Waals surface area contributed by atoms with Crippen LogP contribution in [0.15, 0.2) is 58.9 Å². The summed E-state index contributed by atoms with van der Waals surface area (Å²) in [7, 11) is 1.34. The number of hydrogen-bond acceptors (Lipinski definition) is 4. The van der Waals surface area contributed by atoms with Crippen molar-refractivity contribution in [2.45, 2.75) is 54.3 Å². The number of carbonyl (C=O) groups excluding carboxylic acids is 1. The molecule has 0 saturated carbocycles. The third kappa shape index (κ3) is 4.53. The second-order valence-electron chi connectivity index (χ2n) is 7.83. The fourth-order valence-corrected chi connectivity index (χ4v) is 4.12. The van der Waals surface area contributed by atoms with Crippen molar-refractivity contribution < 1.29 is 13.9 Å². The Balaban J connectivity index is 2.29. The van der Waals surface area contributed by atoms with Crippen LogP contribution in [0.25, 0.3) is 27.9 Å². The summed E-state index contributed by atoms with van der Waals surface area (Å²) in [6.45, 7) is 10.1. The molecule has 1 aromatic carbocycles. The van der Waals surface area contributed by atoms with Crippen molar-refractivity contribution in [3.63, 3.8) is 0 Å². The maximum Gasteiger partial charge on any atom is 0.329 e. The molecule has 0 radical (unpaired) electrons. The van der Waals surface area contributed by atoms with Crippen LogP contribution < -0.4 is 5.69 Å². The molecule has 34 heavy (non-hydrogen) atoms. The molecule has 0 unspecified atom stereocenters. The fraction of sp³-hybridized carbons (Fsp3) is 0.346. The number of aryl methyl sites for hydroxylation is 2. The highest BCUT2D eigenvalue weighted by molar-refractivity contribution is 5.88. The summed E-state index contributed by atoms with van der Waals surface area (Å²) in [4.78, 5) is 29.5. The average Bonchev–Trinajstić information content (AvgIpc) is 3.38. The van der Waals surface area contributed by atoms with Gasteiger partial charge in [-0.05, 0) is 64.0 Å². The number of halogens is 1. The highest BCUT2D eigenvalue weighted by atomic mass is 19.1. The zero-order chi connectivity index (χ0) is 25.0. The van der Waals surface area contributed by atoms with Crippen LogP contribution in [0.4, 0.5) is 4.39 Å². The Morgan fingerprint density at radius 2 is 1.79 bits per heavy atom. The van der Waals surface area contributed by atoms with Crippen molar-refractivity contribution in [3.05, 3.63) is 70.3 Å². The first-order valence-electron chi connectivity index (χ1n) is 11.3. The van der Waals surface area contributed by atoms with E-state index in [1.165, 1.54) is 13.2 Å². The molecule has 0 saturated heterocycles. The van der Waals surface area contributed by atoms with Gasteiger partial charge in [0.15, 0.2) is 0 Å². The van der Waals surface area contributed by atoms with Gasteiger partial charge < -0.3 is 9.30 Å². The predicted octanol–water partition coefficient (Wildman–Crippen LogP) is 5.10. The van der Waals surface area contributed by atoms with E-state index in [2.05, 4.69) is 4.98 Å². The van der Waals surface area contributed by atoms with Gasteiger partial charge in [0, 0.05) is 18.7 Å². The first kappa shape index (κ1) is 25.0.